The van der Waals surface area contributed by atoms with E-state index in [0.717, 1.165) is 11.1 Å². The molecule has 0 heterocycles. The number of esters is 1. The number of hydrogen-bond donors (Lipinski definition) is 2. The van der Waals surface area contributed by atoms with Gasteiger partial charge in [0, 0.05) is 19.0 Å². The molecule has 0 aliphatic heterocycles. The largest absolute Gasteiger partial charge is 0.463 e. The number of nitrogens with two attached hydrogens (primary N) is 1. The molecule has 7 nitrogen and oxygen atoms in total. The van der Waals surface area contributed by atoms with E-state index in [4.69, 9.17) is 10.5 Å². The summed E-state index contributed by atoms with van der Waals surface area (Å²) in [5.74, 6) is -1.11. The van der Waals surface area contributed by atoms with Gasteiger partial charge in [0.2, 0.25) is 11.8 Å². The Morgan fingerprint density at radius 3 is 2.16 bits per heavy atom. The number of fused-ring (bicyclic) bond motifs is 3. The lowest BCUT2D eigenvalue weighted by molar-refractivity contribution is -0.150. The summed E-state index contributed by atoms with van der Waals surface area (Å²) in [6.45, 7) is 4.20. The summed E-state index contributed by atoms with van der Waals surface area (Å²) in [4.78, 5) is 37.4. The Morgan fingerprint density at radius 2 is 1.62 bits per heavy atom. The smallest absolute Gasteiger partial charge is 0.325 e. The van der Waals surface area contributed by atoms with Crippen LogP contribution in [0.3, 0.4) is 0 Å². The minimum atomic E-state index is -0.953. The van der Waals surface area contributed by atoms with Crippen LogP contribution >= 0.6 is 0 Å². The van der Waals surface area contributed by atoms with Gasteiger partial charge in [0.05, 0.1) is 6.54 Å². The molecule has 0 atom stereocenters. The van der Waals surface area contributed by atoms with Gasteiger partial charge in [-0.15, -0.1) is 0 Å². The van der Waals surface area contributed by atoms with Gasteiger partial charge in [0.25, 0.3) is 0 Å². The molecule has 32 heavy (non-hydrogen) atoms. The fourth-order valence-corrected chi connectivity index (χ4v) is 4.06. The van der Waals surface area contributed by atoms with Crippen molar-refractivity contribution in [2.75, 3.05) is 26.2 Å². The Labute approximate surface area is 189 Å². The van der Waals surface area contributed by atoms with E-state index in [0.29, 0.717) is 6.54 Å². The molecule has 3 rings (SSSR count). The van der Waals surface area contributed by atoms with Gasteiger partial charge in [-0.2, -0.15) is 0 Å². The molecule has 0 unspecified atom stereocenters. The summed E-state index contributed by atoms with van der Waals surface area (Å²) in [7, 11) is 1.73. The third kappa shape index (κ3) is 5.19. The SMILES string of the molecule is BCC(=O)N(CCNC(C)(C)C(=O)OCC1c2ccccc2-c2ccccc21)CC(N)=O. The average molecular weight is 435 g/mol. The van der Waals surface area contributed by atoms with Gasteiger partial charge in [0.1, 0.15) is 20.0 Å². The van der Waals surface area contributed by atoms with Crippen LogP contribution < -0.4 is 11.1 Å². The number of primary amides is 1. The van der Waals surface area contributed by atoms with Crippen LogP contribution in [0.1, 0.15) is 30.9 Å². The quantitative estimate of drug-likeness (QED) is 0.430. The summed E-state index contributed by atoms with van der Waals surface area (Å²) in [6, 6.07) is 16.4. The highest BCUT2D eigenvalue weighted by atomic mass is 16.5. The first kappa shape index (κ1) is 23.5. The van der Waals surface area contributed by atoms with Crippen molar-refractivity contribution in [1.29, 1.82) is 0 Å². The van der Waals surface area contributed by atoms with E-state index in [-0.39, 0.29) is 43.8 Å². The number of ether oxygens (including phenoxy) is 1. The molecule has 0 spiro atoms. The number of rotatable bonds is 10. The van der Waals surface area contributed by atoms with Crippen molar-refractivity contribution < 1.29 is 19.1 Å². The highest BCUT2D eigenvalue weighted by Crippen LogP contribution is 2.44. The first-order valence-electron chi connectivity index (χ1n) is 10.9. The summed E-state index contributed by atoms with van der Waals surface area (Å²) in [5.41, 5.74) is 8.95. The highest BCUT2D eigenvalue weighted by Gasteiger charge is 2.33. The fraction of sp³-hybridized carbons (Fsp3) is 0.375. The van der Waals surface area contributed by atoms with Crippen LogP contribution in [0, 0.1) is 0 Å². The third-order valence-electron chi connectivity index (χ3n) is 5.80. The zero-order valence-corrected chi connectivity index (χ0v) is 18.9. The van der Waals surface area contributed by atoms with Crippen LogP contribution in [0.15, 0.2) is 48.5 Å². The average Bonchev–Trinajstić information content (AvgIpc) is 3.09. The van der Waals surface area contributed by atoms with Gasteiger partial charge < -0.3 is 20.7 Å². The second-order valence-electron chi connectivity index (χ2n) is 8.51. The normalized spacial score (nSPS) is 12.7. The summed E-state index contributed by atoms with van der Waals surface area (Å²) in [6.07, 6.45) is 0.281. The monoisotopic (exact) mass is 435 g/mol. The van der Waals surface area contributed by atoms with Crippen LogP contribution in [-0.2, 0) is 19.1 Å². The highest BCUT2D eigenvalue weighted by molar-refractivity contribution is 6.19. The van der Waals surface area contributed by atoms with Crippen molar-refractivity contribution >= 4 is 25.6 Å². The molecule has 8 heteroatoms. The summed E-state index contributed by atoms with van der Waals surface area (Å²) < 4.78 is 5.74. The summed E-state index contributed by atoms with van der Waals surface area (Å²) >= 11 is 0. The van der Waals surface area contributed by atoms with Crippen molar-refractivity contribution in [3.63, 3.8) is 0 Å². The molecule has 0 fully saturated rings. The molecule has 3 N–H and O–H groups in total. The maximum Gasteiger partial charge on any atom is 0.325 e. The molecular formula is C24H30BN3O4. The Morgan fingerprint density at radius 1 is 1.06 bits per heavy atom. The molecule has 0 bridgehead atoms. The Balaban J connectivity index is 1.59. The van der Waals surface area contributed by atoms with Crippen molar-refractivity contribution in [2.24, 2.45) is 5.73 Å². The second kappa shape index (κ2) is 10.00. The number of carbonyl (C=O) groups is 3. The molecule has 0 radical (unpaired) electrons. The maximum atomic E-state index is 12.8. The molecular weight excluding hydrogens is 405 g/mol. The van der Waals surface area contributed by atoms with Crippen LogP contribution in [0.2, 0.25) is 6.32 Å². The Kier molecular flexibility index (Phi) is 7.35. The van der Waals surface area contributed by atoms with Gasteiger partial charge >= 0.3 is 5.97 Å². The van der Waals surface area contributed by atoms with E-state index in [9.17, 15) is 14.4 Å². The molecule has 2 aromatic rings. The Hall–Kier alpha value is -3.13. The minimum absolute atomic E-state index is 0.00427. The standard InChI is InChI=1S/C24H30BN3O4/c1-24(2,27-11-12-28(14-21(26)29)22(30)13-25)23(31)32-15-20-18-9-5-3-7-16(18)17-8-4-6-10-19(17)20/h3-10,20,27H,11-15,25H2,1-2H3,(H2,26,29). The van der Waals surface area contributed by atoms with Crippen molar-refractivity contribution in [1.82, 2.24) is 10.2 Å². The predicted molar refractivity (Wildman–Crippen MR) is 126 cm³/mol. The van der Waals surface area contributed by atoms with Crippen molar-refractivity contribution in [2.45, 2.75) is 31.6 Å². The van der Waals surface area contributed by atoms with Gasteiger partial charge in [-0.3, -0.25) is 14.4 Å². The molecule has 1 aliphatic rings. The van der Waals surface area contributed by atoms with Crippen LogP contribution in [-0.4, -0.2) is 62.3 Å². The van der Waals surface area contributed by atoms with Gasteiger partial charge in [-0.1, -0.05) is 48.5 Å². The number of nitrogens with zero attached hydrogens (tertiary/aromatic N) is 1. The molecule has 0 aromatic heterocycles. The summed E-state index contributed by atoms with van der Waals surface area (Å²) in [5, 5.41) is 3.13. The van der Waals surface area contributed by atoms with Crippen LogP contribution in [0.25, 0.3) is 11.1 Å². The van der Waals surface area contributed by atoms with Gasteiger partial charge in [-0.25, -0.2) is 0 Å². The van der Waals surface area contributed by atoms with E-state index in [1.54, 1.807) is 21.7 Å². The molecule has 1 aliphatic carbocycles. The predicted octanol–water partition coefficient (Wildman–Crippen LogP) is 1.08. The van der Waals surface area contributed by atoms with E-state index >= 15 is 0 Å². The first-order valence-corrected chi connectivity index (χ1v) is 10.9. The van der Waals surface area contributed by atoms with Gasteiger partial charge in [0.15, 0.2) is 0 Å². The number of amides is 2. The first-order chi connectivity index (χ1) is 15.2. The lowest BCUT2D eigenvalue weighted by Gasteiger charge is -2.27. The topological polar surface area (TPSA) is 102 Å². The lowest BCUT2D eigenvalue weighted by atomic mass is 9.98. The zero-order valence-electron chi connectivity index (χ0n) is 18.9. The van der Waals surface area contributed by atoms with E-state index < -0.39 is 11.4 Å². The zero-order chi connectivity index (χ0) is 23.3. The van der Waals surface area contributed by atoms with Crippen LogP contribution in [0.5, 0.6) is 0 Å². The molecule has 0 saturated carbocycles. The maximum absolute atomic E-state index is 12.8. The Bertz CT molecular complexity index is 963. The number of hydrogen-bond acceptors (Lipinski definition) is 5. The number of nitrogens with one attached hydrogen (secondary N) is 1. The van der Waals surface area contributed by atoms with Crippen LogP contribution in [0.4, 0.5) is 0 Å². The molecule has 2 aromatic carbocycles. The fourth-order valence-electron chi connectivity index (χ4n) is 4.06. The van der Waals surface area contributed by atoms with Gasteiger partial charge in [-0.05, 0) is 42.4 Å². The van der Waals surface area contributed by atoms with Crippen molar-refractivity contribution in [3.05, 3.63) is 59.7 Å². The number of benzene rings is 2. The van der Waals surface area contributed by atoms with Crippen molar-refractivity contribution in [3.8, 4) is 11.1 Å². The molecule has 2 amide bonds. The third-order valence-corrected chi connectivity index (χ3v) is 5.80. The molecule has 168 valence electrons. The number of carbonyl (C=O) groups excluding carboxylic acids is 3. The lowest BCUT2D eigenvalue weighted by Crippen LogP contribution is -2.51. The van der Waals surface area contributed by atoms with E-state index in [2.05, 4.69) is 29.6 Å². The molecule has 0 saturated heterocycles. The van der Waals surface area contributed by atoms with E-state index in [1.807, 2.05) is 24.3 Å². The second-order valence-corrected chi connectivity index (χ2v) is 8.51. The van der Waals surface area contributed by atoms with E-state index in [1.165, 1.54) is 16.0 Å². The minimum Gasteiger partial charge on any atom is -0.463 e.